The molecule has 1 aromatic carbocycles. The van der Waals surface area contributed by atoms with Crippen molar-refractivity contribution < 1.29 is 14.6 Å². The maximum Gasteiger partial charge on any atom is 0.304 e. The van der Waals surface area contributed by atoms with Crippen LogP contribution in [0, 0.1) is 11.8 Å². The summed E-state index contributed by atoms with van der Waals surface area (Å²) in [6.45, 7) is 4.27. The van der Waals surface area contributed by atoms with Crippen molar-refractivity contribution in [2.45, 2.75) is 50.7 Å². The third-order valence-electron chi connectivity index (χ3n) is 6.71. The lowest BCUT2D eigenvalue weighted by Gasteiger charge is -2.57. The molecule has 4 atom stereocenters. The number of nitrogens with zero attached hydrogens (tertiary/aromatic N) is 2. The molecule has 4 rings (SSSR count). The third kappa shape index (κ3) is 3.47. The second-order valence-electron chi connectivity index (χ2n) is 8.18. The smallest absolute Gasteiger partial charge is 0.304 e. The summed E-state index contributed by atoms with van der Waals surface area (Å²) in [5.41, 5.74) is 1.24. The summed E-state index contributed by atoms with van der Waals surface area (Å²) in [6, 6.07) is 8.97. The molecule has 0 bridgehead atoms. The van der Waals surface area contributed by atoms with E-state index in [4.69, 9.17) is 4.74 Å². The lowest BCUT2D eigenvalue weighted by molar-refractivity contribution is -0.143. The van der Waals surface area contributed by atoms with Crippen LogP contribution >= 0.6 is 0 Å². The Labute approximate surface area is 155 Å². The number of carbonyl (C=O) groups is 1. The van der Waals surface area contributed by atoms with Crippen LogP contribution in [0.3, 0.4) is 0 Å². The van der Waals surface area contributed by atoms with Crippen molar-refractivity contribution in [3.8, 4) is 5.75 Å². The predicted molar refractivity (Wildman–Crippen MR) is 100 cm³/mol. The number of rotatable bonds is 5. The van der Waals surface area contributed by atoms with Gasteiger partial charge in [0.05, 0.1) is 13.5 Å². The summed E-state index contributed by atoms with van der Waals surface area (Å²) in [5.74, 6) is 1.39. The number of carboxylic acids is 1. The Balaban J connectivity index is 1.57. The van der Waals surface area contributed by atoms with Gasteiger partial charge >= 0.3 is 5.97 Å². The zero-order chi connectivity index (χ0) is 18.1. The van der Waals surface area contributed by atoms with E-state index in [0.29, 0.717) is 17.9 Å². The maximum atomic E-state index is 11.6. The number of hydrogen-bond donors (Lipinski definition) is 1. The van der Waals surface area contributed by atoms with Crippen molar-refractivity contribution in [1.82, 2.24) is 9.80 Å². The van der Waals surface area contributed by atoms with Gasteiger partial charge in [0.2, 0.25) is 0 Å². The van der Waals surface area contributed by atoms with Gasteiger partial charge in [0.15, 0.2) is 0 Å². The summed E-state index contributed by atoms with van der Waals surface area (Å²) < 4.78 is 5.26. The van der Waals surface area contributed by atoms with E-state index in [1.54, 1.807) is 7.11 Å². The van der Waals surface area contributed by atoms with E-state index < -0.39 is 5.97 Å². The van der Waals surface area contributed by atoms with Gasteiger partial charge in [0.1, 0.15) is 5.75 Å². The fourth-order valence-electron chi connectivity index (χ4n) is 5.69. The van der Waals surface area contributed by atoms with Crippen molar-refractivity contribution in [2.75, 3.05) is 26.7 Å². The molecule has 3 saturated heterocycles. The molecule has 5 heteroatoms. The highest BCUT2D eigenvalue weighted by atomic mass is 16.5. The van der Waals surface area contributed by atoms with Gasteiger partial charge in [-0.2, -0.15) is 0 Å². The Morgan fingerprint density at radius 2 is 1.92 bits per heavy atom. The number of benzene rings is 1. The van der Waals surface area contributed by atoms with E-state index >= 15 is 0 Å². The molecule has 142 valence electrons. The average Bonchev–Trinajstić information content (AvgIpc) is 2.65. The van der Waals surface area contributed by atoms with Crippen molar-refractivity contribution in [2.24, 2.45) is 11.8 Å². The fourth-order valence-corrected chi connectivity index (χ4v) is 5.69. The van der Waals surface area contributed by atoms with Gasteiger partial charge in [0, 0.05) is 25.2 Å². The quantitative estimate of drug-likeness (QED) is 0.877. The first-order valence-corrected chi connectivity index (χ1v) is 9.98. The second kappa shape index (κ2) is 7.57. The van der Waals surface area contributed by atoms with Crippen LogP contribution in [-0.4, -0.2) is 59.7 Å². The molecule has 3 heterocycles. The lowest BCUT2D eigenvalue weighted by Crippen LogP contribution is -2.64. The predicted octanol–water partition coefficient (Wildman–Crippen LogP) is 2.84. The van der Waals surface area contributed by atoms with E-state index in [1.807, 2.05) is 12.1 Å². The fraction of sp³-hybridized carbons (Fsp3) is 0.667. The summed E-state index contributed by atoms with van der Waals surface area (Å²) in [5, 5.41) is 9.55. The van der Waals surface area contributed by atoms with Crippen LogP contribution in [0.15, 0.2) is 24.3 Å². The molecule has 3 fully saturated rings. The standard InChI is InChI=1S/C21H30N2O3/c1-26-17-8-6-15(7-9-17)13-23-14-16-4-2-10-22-11-3-5-18(21(16)22)19(23)12-20(24)25/h6-9,16,18-19,21H,2-5,10-14H2,1H3,(H,24,25)/t16-,18+,19+,21-/m0/s1. The Hall–Kier alpha value is -1.59. The highest BCUT2D eigenvalue weighted by Gasteiger charge is 2.48. The van der Waals surface area contributed by atoms with Crippen LogP contribution in [0.1, 0.15) is 37.7 Å². The molecule has 1 N–H and O–H groups in total. The largest absolute Gasteiger partial charge is 0.497 e. The van der Waals surface area contributed by atoms with E-state index in [1.165, 1.54) is 44.3 Å². The number of aliphatic carboxylic acids is 1. The Kier molecular flexibility index (Phi) is 5.18. The number of piperidine rings is 3. The summed E-state index contributed by atoms with van der Waals surface area (Å²) >= 11 is 0. The number of hydrogen-bond acceptors (Lipinski definition) is 4. The number of ether oxygens (including phenoxy) is 1. The first kappa shape index (κ1) is 17.8. The summed E-state index contributed by atoms with van der Waals surface area (Å²) in [4.78, 5) is 16.8. The molecule has 0 spiro atoms. The average molecular weight is 358 g/mol. The maximum absolute atomic E-state index is 11.6. The van der Waals surface area contributed by atoms with E-state index in [2.05, 4.69) is 21.9 Å². The molecule has 1 aromatic rings. The summed E-state index contributed by atoms with van der Waals surface area (Å²) in [7, 11) is 1.68. The summed E-state index contributed by atoms with van der Waals surface area (Å²) in [6.07, 6.45) is 5.22. The number of carboxylic acid groups (broad SMARTS) is 1. The zero-order valence-corrected chi connectivity index (χ0v) is 15.6. The molecule has 26 heavy (non-hydrogen) atoms. The Morgan fingerprint density at radius 1 is 1.19 bits per heavy atom. The van der Waals surface area contributed by atoms with Crippen molar-refractivity contribution in [3.63, 3.8) is 0 Å². The van der Waals surface area contributed by atoms with Crippen LogP contribution in [0.4, 0.5) is 0 Å². The number of methoxy groups -OCH3 is 1. The SMILES string of the molecule is COc1ccc(CN2C[C@@H]3CCCN4CCC[C@@H]([C@H]34)[C@H]2CC(=O)O)cc1. The normalized spacial score (nSPS) is 32.0. The van der Waals surface area contributed by atoms with Gasteiger partial charge in [-0.3, -0.25) is 14.6 Å². The van der Waals surface area contributed by atoms with Crippen LogP contribution in [-0.2, 0) is 11.3 Å². The minimum atomic E-state index is -0.666. The van der Waals surface area contributed by atoms with Crippen LogP contribution < -0.4 is 4.74 Å². The molecule has 0 saturated carbocycles. The van der Waals surface area contributed by atoms with E-state index in [-0.39, 0.29) is 12.5 Å². The molecule has 0 aromatic heterocycles. The minimum absolute atomic E-state index is 0.150. The van der Waals surface area contributed by atoms with Crippen molar-refractivity contribution >= 4 is 5.97 Å². The molecule has 0 amide bonds. The van der Waals surface area contributed by atoms with Gasteiger partial charge in [-0.15, -0.1) is 0 Å². The highest BCUT2D eigenvalue weighted by Crippen LogP contribution is 2.43. The highest BCUT2D eigenvalue weighted by molar-refractivity contribution is 5.67. The lowest BCUT2D eigenvalue weighted by atomic mass is 9.69. The van der Waals surface area contributed by atoms with Crippen molar-refractivity contribution in [3.05, 3.63) is 29.8 Å². The zero-order valence-electron chi connectivity index (χ0n) is 15.6. The molecule has 0 radical (unpaired) electrons. The molecule has 3 aliphatic heterocycles. The van der Waals surface area contributed by atoms with Gasteiger partial charge in [0.25, 0.3) is 0 Å². The topological polar surface area (TPSA) is 53.0 Å². The van der Waals surface area contributed by atoms with Crippen LogP contribution in [0.2, 0.25) is 0 Å². The molecule has 3 aliphatic rings. The van der Waals surface area contributed by atoms with Gasteiger partial charge in [-0.05, 0) is 68.3 Å². The molecule has 5 nitrogen and oxygen atoms in total. The van der Waals surface area contributed by atoms with Gasteiger partial charge in [-0.25, -0.2) is 0 Å². The monoisotopic (exact) mass is 358 g/mol. The number of likely N-dealkylation sites (tertiary alicyclic amines) is 1. The third-order valence-corrected chi connectivity index (χ3v) is 6.71. The van der Waals surface area contributed by atoms with Gasteiger partial charge in [-0.1, -0.05) is 12.1 Å². The molecule has 0 aliphatic carbocycles. The second-order valence-corrected chi connectivity index (χ2v) is 8.18. The minimum Gasteiger partial charge on any atom is -0.497 e. The van der Waals surface area contributed by atoms with Crippen LogP contribution in [0.5, 0.6) is 5.75 Å². The van der Waals surface area contributed by atoms with E-state index in [9.17, 15) is 9.90 Å². The first-order valence-electron chi connectivity index (χ1n) is 9.98. The van der Waals surface area contributed by atoms with Gasteiger partial charge < -0.3 is 9.84 Å². The Morgan fingerprint density at radius 3 is 2.62 bits per heavy atom. The van der Waals surface area contributed by atoms with E-state index in [0.717, 1.165) is 18.8 Å². The molecule has 0 unspecified atom stereocenters. The van der Waals surface area contributed by atoms with Crippen LogP contribution in [0.25, 0.3) is 0 Å². The Bertz CT molecular complexity index is 631. The van der Waals surface area contributed by atoms with Crippen molar-refractivity contribution in [1.29, 1.82) is 0 Å². The molecular weight excluding hydrogens is 328 g/mol. The molecular formula is C21H30N2O3. The first-order chi connectivity index (χ1) is 12.7.